The van der Waals surface area contributed by atoms with Crippen LogP contribution in [0.1, 0.15) is 23.0 Å². The van der Waals surface area contributed by atoms with Crippen molar-refractivity contribution >= 4 is 5.78 Å². The highest BCUT2D eigenvalue weighted by Crippen LogP contribution is 2.14. The number of benzene rings is 1. The monoisotopic (exact) mass is 244 g/mol. The topological polar surface area (TPSA) is 51.0 Å². The number of hydrogen-bond acceptors (Lipinski definition) is 4. The van der Waals surface area contributed by atoms with Crippen LogP contribution in [0.15, 0.2) is 30.5 Å². The van der Waals surface area contributed by atoms with Crippen molar-refractivity contribution in [1.82, 2.24) is 19.9 Å². The van der Waals surface area contributed by atoms with E-state index in [1.807, 2.05) is 43.4 Å². The number of aromatic nitrogens is 3. The Hall–Kier alpha value is -2.01. The third kappa shape index (κ3) is 2.62. The smallest absolute Gasteiger partial charge is 0.161 e. The van der Waals surface area contributed by atoms with Crippen LogP contribution < -0.4 is 0 Å². The van der Waals surface area contributed by atoms with Gasteiger partial charge in [0.15, 0.2) is 5.78 Å². The summed E-state index contributed by atoms with van der Waals surface area (Å²) >= 11 is 0. The lowest BCUT2D eigenvalue weighted by Gasteiger charge is -2.06. The number of ketones is 1. The van der Waals surface area contributed by atoms with Crippen LogP contribution in [0.5, 0.6) is 0 Å². The van der Waals surface area contributed by atoms with E-state index in [1.54, 1.807) is 17.7 Å². The van der Waals surface area contributed by atoms with Gasteiger partial charge in [-0.2, -0.15) is 0 Å². The van der Waals surface area contributed by atoms with Crippen LogP contribution in [0, 0.1) is 0 Å². The van der Waals surface area contributed by atoms with E-state index in [1.165, 1.54) is 0 Å². The van der Waals surface area contributed by atoms with E-state index in [2.05, 4.69) is 10.3 Å². The minimum atomic E-state index is 0.0234. The first-order valence-corrected chi connectivity index (χ1v) is 5.74. The summed E-state index contributed by atoms with van der Waals surface area (Å²) in [5.41, 5.74) is 2.29. The van der Waals surface area contributed by atoms with Crippen molar-refractivity contribution in [3.8, 4) is 5.69 Å². The number of carbonyl (C=O) groups excluding carboxylic acids is 1. The van der Waals surface area contributed by atoms with Gasteiger partial charge in [0, 0.05) is 12.1 Å². The van der Waals surface area contributed by atoms with E-state index in [4.69, 9.17) is 0 Å². The van der Waals surface area contributed by atoms with Crippen molar-refractivity contribution in [2.75, 3.05) is 14.1 Å². The van der Waals surface area contributed by atoms with Gasteiger partial charge in [0.05, 0.1) is 17.6 Å². The Morgan fingerprint density at radius 1 is 1.33 bits per heavy atom. The first kappa shape index (κ1) is 12.4. The molecule has 0 fully saturated rings. The molecule has 0 aliphatic heterocycles. The molecule has 5 heteroatoms. The van der Waals surface area contributed by atoms with Crippen molar-refractivity contribution < 1.29 is 4.79 Å². The lowest BCUT2D eigenvalue weighted by atomic mass is 10.1. The minimum Gasteiger partial charge on any atom is -0.303 e. The average Bonchev–Trinajstić information content (AvgIpc) is 2.76. The van der Waals surface area contributed by atoms with Gasteiger partial charge in [-0.15, -0.1) is 5.10 Å². The highest BCUT2D eigenvalue weighted by Gasteiger charge is 2.10. The van der Waals surface area contributed by atoms with Gasteiger partial charge in [-0.25, -0.2) is 4.68 Å². The third-order valence-electron chi connectivity index (χ3n) is 2.55. The van der Waals surface area contributed by atoms with Crippen molar-refractivity contribution in [3.05, 3.63) is 41.7 Å². The fourth-order valence-electron chi connectivity index (χ4n) is 1.78. The van der Waals surface area contributed by atoms with E-state index >= 15 is 0 Å². The predicted octanol–water partition coefficient (Wildman–Crippen LogP) is 1.53. The van der Waals surface area contributed by atoms with Gasteiger partial charge in [-0.1, -0.05) is 17.3 Å². The van der Waals surface area contributed by atoms with Gasteiger partial charge in [-0.3, -0.25) is 4.79 Å². The van der Waals surface area contributed by atoms with Gasteiger partial charge in [-0.05, 0) is 33.2 Å². The molecule has 0 spiro atoms. The zero-order valence-electron chi connectivity index (χ0n) is 10.8. The predicted molar refractivity (Wildman–Crippen MR) is 68.8 cm³/mol. The van der Waals surface area contributed by atoms with Crippen LogP contribution >= 0.6 is 0 Å². The largest absolute Gasteiger partial charge is 0.303 e. The van der Waals surface area contributed by atoms with Crippen molar-refractivity contribution in [1.29, 1.82) is 0 Å². The summed E-state index contributed by atoms with van der Waals surface area (Å²) in [4.78, 5) is 13.6. The maximum atomic E-state index is 11.6. The normalized spacial score (nSPS) is 10.9. The molecule has 0 N–H and O–H groups in total. The molecule has 0 aliphatic rings. The minimum absolute atomic E-state index is 0.0234. The molecule has 94 valence electrons. The molecule has 0 unspecified atom stereocenters. The summed E-state index contributed by atoms with van der Waals surface area (Å²) in [6, 6.07) is 7.39. The fourth-order valence-corrected chi connectivity index (χ4v) is 1.78. The lowest BCUT2D eigenvalue weighted by Crippen LogP contribution is -2.10. The molecule has 0 aliphatic carbocycles. The molecule has 2 rings (SSSR count). The molecular formula is C13H16N4O. The Labute approximate surface area is 106 Å². The van der Waals surface area contributed by atoms with E-state index in [9.17, 15) is 4.79 Å². The second kappa shape index (κ2) is 5.10. The summed E-state index contributed by atoms with van der Waals surface area (Å²) in [6.45, 7) is 2.28. The highest BCUT2D eigenvalue weighted by molar-refractivity contribution is 5.97. The first-order chi connectivity index (χ1) is 8.58. The molecule has 5 nitrogen and oxygen atoms in total. The number of nitrogens with zero attached hydrogens (tertiary/aromatic N) is 4. The quantitative estimate of drug-likeness (QED) is 0.765. The maximum Gasteiger partial charge on any atom is 0.161 e. The van der Waals surface area contributed by atoms with E-state index < -0.39 is 0 Å². The van der Waals surface area contributed by atoms with E-state index in [0.717, 1.165) is 17.9 Å². The maximum absolute atomic E-state index is 11.6. The molecule has 0 radical (unpaired) electrons. The molecule has 1 aromatic heterocycles. The van der Waals surface area contributed by atoms with Crippen molar-refractivity contribution in [3.63, 3.8) is 0 Å². The Morgan fingerprint density at radius 2 is 2.06 bits per heavy atom. The van der Waals surface area contributed by atoms with Crippen LogP contribution in [-0.4, -0.2) is 39.8 Å². The number of Topliss-reactive ketones (excluding diaryl/α,β-unsaturated/α-hetero) is 1. The van der Waals surface area contributed by atoms with Crippen LogP contribution in [0.4, 0.5) is 0 Å². The molecule has 0 bridgehead atoms. The fraction of sp³-hybridized carbons (Fsp3) is 0.308. The number of rotatable bonds is 4. The van der Waals surface area contributed by atoms with Gasteiger partial charge >= 0.3 is 0 Å². The second-order valence-electron chi connectivity index (χ2n) is 4.47. The molecule has 0 atom stereocenters. The zero-order valence-corrected chi connectivity index (χ0v) is 10.8. The Balaban J connectivity index is 2.37. The summed E-state index contributed by atoms with van der Waals surface area (Å²) in [5.74, 6) is 0.0234. The molecule has 0 amide bonds. The summed E-state index contributed by atoms with van der Waals surface area (Å²) in [5, 5.41) is 8.16. The molecular weight excluding hydrogens is 228 g/mol. The average molecular weight is 244 g/mol. The molecule has 0 saturated heterocycles. The molecule has 1 aromatic carbocycles. The first-order valence-electron chi connectivity index (χ1n) is 5.74. The highest BCUT2D eigenvalue weighted by atomic mass is 16.1. The number of hydrogen-bond donors (Lipinski definition) is 0. The van der Waals surface area contributed by atoms with Gasteiger partial charge < -0.3 is 4.90 Å². The van der Waals surface area contributed by atoms with Crippen LogP contribution in [0.2, 0.25) is 0 Å². The zero-order chi connectivity index (χ0) is 13.1. The Morgan fingerprint density at radius 3 is 2.72 bits per heavy atom. The van der Waals surface area contributed by atoms with Crippen LogP contribution in [-0.2, 0) is 6.54 Å². The lowest BCUT2D eigenvalue weighted by molar-refractivity contribution is 0.101. The van der Waals surface area contributed by atoms with E-state index in [-0.39, 0.29) is 5.78 Å². The second-order valence-corrected chi connectivity index (χ2v) is 4.47. The van der Waals surface area contributed by atoms with Crippen LogP contribution in [0.3, 0.4) is 0 Å². The van der Waals surface area contributed by atoms with E-state index in [0.29, 0.717) is 5.56 Å². The van der Waals surface area contributed by atoms with Crippen LogP contribution in [0.25, 0.3) is 5.69 Å². The third-order valence-corrected chi connectivity index (χ3v) is 2.55. The SMILES string of the molecule is CC(=O)c1ccccc1-n1cc(CN(C)C)nn1. The standard InChI is InChI=1S/C13H16N4O/c1-10(18)12-6-4-5-7-13(12)17-9-11(14-15-17)8-16(2)3/h4-7,9H,8H2,1-3H3. The molecule has 2 aromatic rings. The van der Waals surface area contributed by atoms with Gasteiger partial charge in [0.25, 0.3) is 0 Å². The number of carbonyl (C=O) groups is 1. The summed E-state index contributed by atoms with van der Waals surface area (Å²) < 4.78 is 1.65. The van der Waals surface area contributed by atoms with Gasteiger partial charge in [0.1, 0.15) is 0 Å². The molecule has 1 heterocycles. The summed E-state index contributed by atoms with van der Waals surface area (Å²) in [7, 11) is 3.95. The Kier molecular flexibility index (Phi) is 3.53. The van der Waals surface area contributed by atoms with Crippen molar-refractivity contribution in [2.24, 2.45) is 0 Å². The van der Waals surface area contributed by atoms with Gasteiger partial charge in [0.2, 0.25) is 0 Å². The number of para-hydroxylation sites is 1. The summed E-state index contributed by atoms with van der Waals surface area (Å²) in [6.07, 6.45) is 1.85. The van der Waals surface area contributed by atoms with Crippen molar-refractivity contribution in [2.45, 2.75) is 13.5 Å². The molecule has 0 saturated carbocycles. The molecule has 18 heavy (non-hydrogen) atoms. The Bertz CT molecular complexity index is 560.